The number of ketones is 1. The molecule has 0 amide bonds. The molecular formula is C13H22O. The largest absolute Gasteiger partial charge is 0.295 e. The standard InChI is InChI=1S/C13H22O/c1-10(2)12(14)7-5-6-11-8-13(3,4)9-11/h5,7,10-11H,6,8-9H2,1-4H3/b7-5+. The third-order valence-electron chi connectivity index (χ3n) is 3.00. The maximum atomic E-state index is 11.3. The predicted molar refractivity (Wildman–Crippen MR) is 60.1 cm³/mol. The Bertz CT molecular complexity index is 228. The lowest BCUT2D eigenvalue weighted by molar-refractivity contribution is -0.117. The molecule has 0 radical (unpaired) electrons. The van der Waals surface area contributed by atoms with Crippen LogP contribution in [0.5, 0.6) is 0 Å². The maximum Gasteiger partial charge on any atom is 0.157 e. The van der Waals surface area contributed by atoms with Gasteiger partial charge in [0, 0.05) is 5.92 Å². The van der Waals surface area contributed by atoms with Gasteiger partial charge in [0.15, 0.2) is 5.78 Å². The van der Waals surface area contributed by atoms with Crippen molar-refractivity contribution in [2.75, 3.05) is 0 Å². The molecule has 0 aromatic carbocycles. The lowest BCUT2D eigenvalue weighted by Crippen LogP contribution is -2.31. The van der Waals surface area contributed by atoms with Crippen LogP contribution in [0.3, 0.4) is 0 Å². The first-order valence-electron chi connectivity index (χ1n) is 5.61. The predicted octanol–water partition coefficient (Wildman–Crippen LogP) is 3.59. The van der Waals surface area contributed by atoms with E-state index in [9.17, 15) is 4.79 Å². The van der Waals surface area contributed by atoms with Crippen LogP contribution in [-0.2, 0) is 4.79 Å². The second-order valence-electron chi connectivity index (χ2n) is 5.63. The first-order chi connectivity index (χ1) is 6.41. The van der Waals surface area contributed by atoms with E-state index in [2.05, 4.69) is 19.9 Å². The number of carbonyl (C=O) groups is 1. The monoisotopic (exact) mass is 194 g/mol. The minimum atomic E-state index is 0.143. The Morgan fingerprint density at radius 2 is 2.00 bits per heavy atom. The molecule has 0 aliphatic heterocycles. The van der Waals surface area contributed by atoms with Crippen LogP contribution in [0.1, 0.15) is 47.0 Å². The molecule has 1 rings (SSSR count). The summed E-state index contributed by atoms with van der Waals surface area (Å²) in [6.45, 7) is 8.51. The molecule has 1 aliphatic carbocycles. The first kappa shape index (κ1) is 11.5. The lowest BCUT2D eigenvalue weighted by atomic mass is 9.63. The highest BCUT2D eigenvalue weighted by molar-refractivity contribution is 5.91. The molecule has 0 bridgehead atoms. The van der Waals surface area contributed by atoms with Gasteiger partial charge < -0.3 is 0 Å². The van der Waals surface area contributed by atoms with Crippen LogP contribution in [0, 0.1) is 17.3 Å². The van der Waals surface area contributed by atoms with Gasteiger partial charge in [-0.25, -0.2) is 0 Å². The van der Waals surface area contributed by atoms with E-state index in [1.54, 1.807) is 6.08 Å². The van der Waals surface area contributed by atoms with E-state index < -0.39 is 0 Å². The van der Waals surface area contributed by atoms with E-state index in [0.717, 1.165) is 12.3 Å². The average Bonchev–Trinajstić information content (AvgIpc) is 2.00. The fourth-order valence-electron chi connectivity index (χ4n) is 2.24. The Kier molecular flexibility index (Phi) is 3.52. The number of carbonyl (C=O) groups excluding carboxylic acids is 1. The third-order valence-corrected chi connectivity index (χ3v) is 3.00. The smallest absolute Gasteiger partial charge is 0.157 e. The normalized spacial score (nSPS) is 21.5. The number of rotatable bonds is 4. The molecule has 1 fully saturated rings. The summed E-state index contributed by atoms with van der Waals surface area (Å²) in [6, 6.07) is 0. The molecule has 0 aromatic heterocycles. The highest BCUT2D eigenvalue weighted by Gasteiger charge is 2.34. The summed E-state index contributed by atoms with van der Waals surface area (Å²) >= 11 is 0. The molecule has 1 saturated carbocycles. The number of hydrogen-bond donors (Lipinski definition) is 0. The van der Waals surface area contributed by atoms with Crippen molar-refractivity contribution in [3.63, 3.8) is 0 Å². The second kappa shape index (κ2) is 4.29. The molecule has 0 atom stereocenters. The van der Waals surface area contributed by atoms with E-state index >= 15 is 0 Å². The molecule has 1 heteroatoms. The summed E-state index contributed by atoms with van der Waals surface area (Å²) in [4.78, 5) is 11.3. The van der Waals surface area contributed by atoms with Gasteiger partial charge in [-0.1, -0.05) is 33.8 Å². The van der Waals surface area contributed by atoms with E-state index in [4.69, 9.17) is 0 Å². The van der Waals surface area contributed by atoms with Crippen LogP contribution in [0.2, 0.25) is 0 Å². The van der Waals surface area contributed by atoms with E-state index in [1.165, 1.54) is 12.8 Å². The summed E-state index contributed by atoms with van der Waals surface area (Å²) in [5.74, 6) is 1.22. The highest BCUT2D eigenvalue weighted by Crippen LogP contribution is 2.46. The summed E-state index contributed by atoms with van der Waals surface area (Å²) < 4.78 is 0. The van der Waals surface area contributed by atoms with Crippen LogP contribution in [0.4, 0.5) is 0 Å². The molecule has 0 saturated heterocycles. The zero-order chi connectivity index (χ0) is 10.8. The number of hydrogen-bond acceptors (Lipinski definition) is 1. The first-order valence-corrected chi connectivity index (χ1v) is 5.61. The fraction of sp³-hybridized carbons (Fsp3) is 0.769. The van der Waals surface area contributed by atoms with Gasteiger partial charge in [0.2, 0.25) is 0 Å². The third kappa shape index (κ3) is 3.28. The van der Waals surface area contributed by atoms with Gasteiger partial charge in [-0.2, -0.15) is 0 Å². The van der Waals surface area contributed by atoms with E-state index in [-0.39, 0.29) is 11.7 Å². The van der Waals surface area contributed by atoms with Gasteiger partial charge in [0.05, 0.1) is 0 Å². The van der Waals surface area contributed by atoms with Gasteiger partial charge in [-0.05, 0) is 36.7 Å². The van der Waals surface area contributed by atoms with Crippen molar-refractivity contribution < 1.29 is 4.79 Å². The van der Waals surface area contributed by atoms with Gasteiger partial charge in [-0.15, -0.1) is 0 Å². The Morgan fingerprint density at radius 3 is 2.43 bits per heavy atom. The van der Waals surface area contributed by atoms with Crippen LogP contribution in [-0.4, -0.2) is 5.78 Å². The maximum absolute atomic E-state index is 11.3. The molecule has 80 valence electrons. The molecule has 0 N–H and O–H groups in total. The van der Waals surface area contributed by atoms with Crippen LogP contribution >= 0.6 is 0 Å². The second-order valence-corrected chi connectivity index (χ2v) is 5.63. The summed E-state index contributed by atoms with van der Waals surface area (Å²) in [7, 11) is 0. The van der Waals surface area contributed by atoms with Crippen molar-refractivity contribution in [1.29, 1.82) is 0 Å². The quantitative estimate of drug-likeness (QED) is 0.625. The van der Waals surface area contributed by atoms with Gasteiger partial charge in [0.25, 0.3) is 0 Å². The van der Waals surface area contributed by atoms with Crippen molar-refractivity contribution in [3.05, 3.63) is 12.2 Å². The molecule has 0 heterocycles. The zero-order valence-electron chi connectivity index (χ0n) is 9.84. The zero-order valence-corrected chi connectivity index (χ0v) is 9.84. The molecule has 0 unspecified atom stereocenters. The van der Waals surface area contributed by atoms with E-state index in [0.29, 0.717) is 5.41 Å². The Balaban J connectivity index is 2.19. The van der Waals surface area contributed by atoms with Crippen molar-refractivity contribution in [2.24, 2.45) is 17.3 Å². The Labute approximate surface area is 87.6 Å². The molecular weight excluding hydrogens is 172 g/mol. The van der Waals surface area contributed by atoms with Gasteiger partial charge in [0.1, 0.15) is 0 Å². The Hall–Kier alpha value is -0.590. The summed E-state index contributed by atoms with van der Waals surface area (Å²) in [6.07, 6.45) is 7.53. The molecule has 0 aromatic rings. The minimum absolute atomic E-state index is 0.143. The average molecular weight is 194 g/mol. The minimum Gasteiger partial charge on any atom is -0.295 e. The van der Waals surface area contributed by atoms with Gasteiger partial charge >= 0.3 is 0 Å². The molecule has 1 aliphatic rings. The van der Waals surface area contributed by atoms with E-state index in [1.807, 2.05) is 13.8 Å². The van der Waals surface area contributed by atoms with Crippen molar-refractivity contribution in [1.82, 2.24) is 0 Å². The van der Waals surface area contributed by atoms with Crippen molar-refractivity contribution in [2.45, 2.75) is 47.0 Å². The highest BCUT2D eigenvalue weighted by atomic mass is 16.1. The van der Waals surface area contributed by atoms with Gasteiger partial charge in [-0.3, -0.25) is 4.79 Å². The fourth-order valence-corrected chi connectivity index (χ4v) is 2.24. The van der Waals surface area contributed by atoms with Crippen LogP contribution in [0.15, 0.2) is 12.2 Å². The summed E-state index contributed by atoms with van der Waals surface area (Å²) in [5.41, 5.74) is 0.556. The van der Waals surface area contributed by atoms with Crippen LogP contribution in [0.25, 0.3) is 0 Å². The number of allylic oxidation sites excluding steroid dienone is 2. The van der Waals surface area contributed by atoms with Crippen molar-refractivity contribution in [3.8, 4) is 0 Å². The molecule has 1 nitrogen and oxygen atoms in total. The Morgan fingerprint density at radius 1 is 1.43 bits per heavy atom. The summed E-state index contributed by atoms with van der Waals surface area (Å²) in [5, 5.41) is 0. The molecule has 0 spiro atoms. The molecule has 14 heavy (non-hydrogen) atoms. The SMILES string of the molecule is CC(C)C(=O)/C=C/CC1CC(C)(C)C1. The lowest BCUT2D eigenvalue weighted by Gasteiger charge is -2.42. The van der Waals surface area contributed by atoms with Crippen LogP contribution < -0.4 is 0 Å². The van der Waals surface area contributed by atoms with Crippen molar-refractivity contribution >= 4 is 5.78 Å². The topological polar surface area (TPSA) is 17.1 Å².